The first-order valence-electron chi connectivity index (χ1n) is 9.10. The van der Waals surface area contributed by atoms with Crippen LogP contribution in [0.4, 0.5) is 0 Å². The Balaban J connectivity index is 1.77. The van der Waals surface area contributed by atoms with Crippen LogP contribution in [0.1, 0.15) is 39.5 Å². The Morgan fingerprint density at radius 1 is 1.27 bits per heavy atom. The number of rotatable bonds is 9. The molecule has 26 heavy (non-hydrogen) atoms. The zero-order chi connectivity index (χ0) is 19.2. The lowest BCUT2D eigenvalue weighted by Gasteiger charge is -2.33. The third kappa shape index (κ3) is 6.20. The van der Waals surface area contributed by atoms with E-state index in [1.165, 1.54) is 17.1 Å². The van der Waals surface area contributed by atoms with Crippen molar-refractivity contribution in [2.75, 3.05) is 32.7 Å². The molecule has 0 saturated carbocycles. The molecule has 1 saturated heterocycles. The third-order valence-corrected chi connectivity index (χ3v) is 8.09. The summed E-state index contributed by atoms with van der Waals surface area (Å²) in [4.78, 5) is 14.2. The zero-order valence-corrected chi connectivity index (χ0v) is 17.8. The van der Waals surface area contributed by atoms with E-state index in [1.807, 2.05) is 11.8 Å². The molecule has 0 aliphatic carbocycles. The second-order valence-corrected chi connectivity index (χ2v) is 10.6. The first-order valence-corrected chi connectivity index (χ1v) is 11.7. The van der Waals surface area contributed by atoms with Crippen LogP contribution in [0.2, 0.25) is 4.34 Å². The Morgan fingerprint density at radius 2 is 1.96 bits per heavy atom. The summed E-state index contributed by atoms with van der Waals surface area (Å²) in [6.45, 7) is 6.39. The van der Waals surface area contributed by atoms with E-state index >= 15 is 0 Å². The van der Waals surface area contributed by atoms with Crippen molar-refractivity contribution in [3.63, 3.8) is 0 Å². The van der Waals surface area contributed by atoms with Crippen molar-refractivity contribution in [2.24, 2.45) is 0 Å². The number of nitrogens with zero attached hydrogens (tertiary/aromatic N) is 2. The molecule has 0 spiro atoms. The van der Waals surface area contributed by atoms with Gasteiger partial charge in [0, 0.05) is 32.2 Å². The highest BCUT2D eigenvalue weighted by Gasteiger charge is 2.30. The number of nitrogens with one attached hydrogen (secondary N) is 1. The van der Waals surface area contributed by atoms with Gasteiger partial charge in [0.05, 0.1) is 10.9 Å². The van der Waals surface area contributed by atoms with Gasteiger partial charge in [-0.05, 0) is 25.5 Å². The SMILES string of the molecule is CCCCC[C@H](C)NC(=O)CN1CCN(S(=O)(=O)c2ccc(Cl)s2)CC1. The minimum Gasteiger partial charge on any atom is -0.353 e. The van der Waals surface area contributed by atoms with Crippen molar-refractivity contribution >= 4 is 38.9 Å². The maximum absolute atomic E-state index is 12.6. The monoisotopic (exact) mass is 421 g/mol. The summed E-state index contributed by atoms with van der Waals surface area (Å²) in [6, 6.07) is 3.32. The van der Waals surface area contributed by atoms with Crippen LogP contribution in [0, 0.1) is 0 Å². The van der Waals surface area contributed by atoms with Crippen LogP contribution in [0.3, 0.4) is 0 Å². The Hall–Kier alpha value is -0.670. The number of hydrogen-bond donors (Lipinski definition) is 1. The van der Waals surface area contributed by atoms with Crippen LogP contribution in [0.15, 0.2) is 16.3 Å². The highest BCUT2D eigenvalue weighted by molar-refractivity contribution is 7.91. The molecule has 1 atom stereocenters. The van der Waals surface area contributed by atoms with Gasteiger partial charge in [-0.2, -0.15) is 4.31 Å². The van der Waals surface area contributed by atoms with Gasteiger partial charge in [0.25, 0.3) is 10.0 Å². The molecular formula is C17H28ClN3O3S2. The number of sulfonamides is 1. The summed E-state index contributed by atoms with van der Waals surface area (Å²) in [6.07, 6.45) is 4.48. The van der Waals surface area contributed by atoms with Gasteiger partial charge in [-0.25, -0.2) is 8.42 Å². The molecule has 9 heteroatoms. The van der Waals surface area contributed by atoms with Crippen molar-refractivity contribution in [3.05, 3.63) is 16.5 Å². The summed E-state index contributed by atoms with van der Waals surface area (Å²) < 4.78 is 27.4. The molecule has 148 valence electrons. The van der Waals surface area contributed by atoms with Crippen LogP contribution >= 0.6 is 22.9 Å². The molecule has 0 bridgehead atoms. The van der Waals surface area contributed by atoms with Crippen LogP contribution in [-0.2, 0) is 14.8 Å². The summed E-state index contributed by atoms with van der Waals surface area (Å²) in [5.74, 6) is 0.00958. The molecule has 1 amide bonds. The van der Waals surface area contributed by atoms with Gasteiger partial charge in [0.1, 0.15) is 4.21 Å². The van der Waals surface area contributed by atoms with Gasteiger partial charge < -0.3 is 5.32 Å². The van der Waals surface area contributed by atoms with Gasteiger partial charge in [0.2, 0.25) is 5.91 Å². The lowest BCUT2D eigenvalue weighted by Crippen LogP contribution is -2.51. The first kappa shape index (κ1) is 21.6. The molecule has 2 rings (SSSR count). The van der Waals surface area contributed by atoms with Crippen LogP contribution in [-0.4, -0.2) is 62.3 Å². The summed E-state index contributed by atoms with van der Waals surface area (Å²) in [5, 5.41) is 3.03. The number of amides is 1. The van der Waals surface area contributed by atoms with E-state index in [-0.39, 0.29) is 16.2 Å². The average Bonchev–Trinajstić information content (AvgIpc) is 3.03. The van der Waals surface area contributed by atoms with Crippen molar-refractivity contribution in [3.8, 4) is 0 Å². The third-order valence-electron chi connectivity index (χ3n) is 4.49. The number of carbonyl (C=O) groups excluding carboxylic acids is 1. The maximum Gasteiger partial charge on any atom is 0.252 e. The normalized spacial score (nSPS) is 18.0. The van der Waals surface area contributed by atoms with E-state index in [0.29, 0.717) is 37.1 Å². The van der Waals surface area contributed by atoms with Gasteiger partial charge >= 0.3 is 0 Å². The van der Waals surface area contributed by atoms with E-state index in [1.54, 1.807) is 12.1 Å². The first-order chi connectivity index (χ1) is 12.3. The lowest BCUT2D eigenvalue weighted by molar-refractivity contribution is -0.123. The molecule has 0 radical (unpaired) electrons. The van der Waals surface area contributed by atoms with E-state index in [0.717, 1.165) is 24.2 Å². The number of piperazine rings is 1. The van der Waals surface area contributed by atoms with Crippen LogP contribution < -0.4 is 5.32 Å². The van der Waals surface area contributed by atoms with E-state index in [4.69, 9.17) is 11.6 Å². The van der Waals surface area contributed by atoms with E-state index < -0.39 is 10.0 Å². The van der Waals surface area contributed by atoms with Crippen molar-refractivity contribution < 1.29 is 13.2 Å². The second kappa shape index (κ2) is 10.0. The Bertz CT molecular complexity index is 685. The second-order valence-electron chi connectivity index (χ2n) is 6.70. The number of carbonyl (C=O) groups is 1. The van der Waals surface area contributed by atoms with Crippen molar-refractivity contribution in [2.45, 2.75) is 49.8 Å². The number of halogens is 1. The topological polar surface area (TPSA) is 69.7 Å². The van der Waals surface area contributed by atoms with Crippen LogP contribution in [0.5, 0.6) is 0 Å². The standard InChI is InChI=1S/C17H28ClN3O3S2/c1-3-4-5-6-14(2)19-16(22)13-20-9-11-21(12-10-20)26(23,24)17-8-7-15(18)25-17/h7-8,14H,3-6,9-13H2,1-2H3,(H,19,22)/t14-/m0/s1. The molecule has 6 nitrogen and oxygen atoms in total. The molecule has 1 aromatic heterocycles. The maximum atomic E-state index is 12.6. The van der Waals surface area contributed by atoms with E-state index in [9.17, 15) is 13.2 Å². The Labute approximate surface area is 165 Å². The van der Waals surface area contributed by atoms with Crippen LogP contribution in [0.25, 0.3) is 0 Å². The number of thiophene rings is 1. The fourth-order valence-electron chi connectivity index (χ4n) is 2.99. The van der Waals surface area contributed by atoms with Gasteiger partial charge in [-0.1, -0.05) is 37.8 Å². The quantitative estimate of drug-likeness (QED) is 0.622. The molecule has 0 aromatic carbocycles. The fourth-order valence-corrected chi connectivity index (χ4v) is 6.05. The van der Waals surface area contributed by atoms with E-state index in [2.05, 4.69) is 12.2 Å². The summed E-state index contributed by atoms with van der Waals surface area (Å²) in [5.41, 5.74) is 0. The van der Waals surface area contributed by atoms with Gasteiger partial charge in [0.15, 0.2) is 0 Å². The summed E-state index contributed by atoms with van der Waals surface area (Å²) >= 11 is 6.92. The zero-order valence-electron chi connectivity index (χ0n) is 15.4. The Morgan fingerprint density at radius 3 is 2.54 bits per heavy atom. The van der Waals surface area contributed by atoms with Crippen molar-refractivity contribution in [1.82, 2.24) is 14.5 Å². The van der Waals surface area contributed by atoms with Gasteiger partial charge in [-0.3, -0.25) is 9.69 Å². The highest BCUT2D eigenvalue weighted by Crippen LogP contribution is 2.28. The molecule has 1 aromatic rings. The molecule has 1 aliphatic heterocycles. The van der Waals surface area contributed by atoms with Gasteiger partial charge in [-0.15, -0.1) is 11.3 Å². The Kier molecular flexibility index (Phi) is 8.35. The minimum absolute atomic E-state index is 0.00958. The average molecular weight is 422 g/mol. The minimum atomic E-state index is -3.48. The molecule has 0 unspecified atom stereocenters. The summed E-state index contributed by atoms with van der Waals surface area (Å²) in [7, 11) is -3.48. The lowest BCUT2D eigenvalue weighted by atomic mass is 10.1. The molecule has 2 heterocycles. The predicted molar refractivity (Wildman–Crippen MR) is 106 cm³/mol. The highest BCUT2D eigenvalue weighted by atomic mass is 35.5. The fraction of sp³-hybridized carbons (Fsp3) is 0.706. The predicted octanol–water partition coefficient (Wildman–Crippen LogP) is 2.79. The molecule has 1 aliphatic rings. The smallest absolute Gasteiger partial charge is 0.252 e. The molecule has 1 N–H and O–H groups in total. The van der Waals surface area contributed by atoms with Crippen molar-refractivity contribution in [1.29, 1.82) is 0 Å². The largest absolute Gasteiger partial charge is 0.353 e. The molecule has 1 fully saturated rings. The molecular weight excluding hydrogens is 394 g/mol. The number of hydrogen-bond acceptors (Lipinski definition) is 5. The number of unbranched alkanes of at least 4 members (excludes halogenated alkanes) is 2.